The highest BCUT2D eigenvalue weighted by Gasteiger charge is 2.25. The minimum Gasteiger partial charge on any atom is -0.399 e. The number of aliphatic hydroxyl groups is 1. The lowest BCUT2D eigenvalue weighted by atomic mass is 10.2. The van der Waals surface area contributed by atoms with Crippen LogP contribution in [-0.2, 0) is 4.74 Å². The molecule has 1 aromatic heterocycles. The lowest BCUT2D eigenvalue weighted by molar-refractivity contribution is -0.0448. The number of hydrogen-bond acceptors (Lipinski definition) is 5. The number of nitrogens with two attached hydrogens (primary N) is 1. The number of anilines is 1. The van der Waals surface area contributed by atoms with Crippen LogP contribution >= 0.6 is 0 Å². The van der Waals surface area contributed by atoms with E-state index in [0.29, 0.717) is 31.1 Å². The van der Waals surface area contributed by atoms with Crippen LogP contribution in [0.5, 0.6) is 0 Å². The molecule has 0 spiro atoms. The largest absolute Gasteiger partial charge is 0.399 e. The minimum absolute atomic E-state index is 0.0891. The van der Waals surface area contributed by atoms with Gasteiger partial charge in [0.05, 0.1) is 19.3 Å². The highest BCUT2D eigenvalue weighted by molar-refractivity contribution is 5.93. The summed E-state index contributed by atoms with van der Waals surface area (Å²) in [6.07, 6.45) is 1.20. The van der Waals surface area contributed by atoms with E-state index >= 15 is 0 Å². The molecule has 0 aliphatic carbocycles. The number of nitrogens with zero attached hydrogens (tertiary/aromatic N) is 2. The first-order chi connectivity index (χ1) is 8.20. The predicted octanol–water partition coefficient (Wildman–Crippen LogP) is -0.503. The number of carbonyl (C=O) groups excluding carboxylic acids is 1. The number of amides is 1. The lowest BCUT2D eigenvalue weighted by Gasteiger charge is -2.31. The summed E-state index contributed by atoms with van der Waals surface area (Å²) in [5, 5.41) is 9.01. The number of carbonyl (C=O) groups is 1. The minimum atomic E-state index is -0.311. The third kappa shape index (κ3) is 2.72. The molecule has 1 aliphatic heterocycles. The van der Waals surface area contributed by atoms with Crippen molar-refractivity contribution in [1.82, 2.24) is 9.88 Å². The number of aliphatic hydroxyl groups excluding tert-OH is 1. The topological polar surface area (TPSA) is 88.7 Å². The molecule has 3 N–H and O–H groups in total. The van der Waals surface area contributed by atoms with E-state index in [0.717, 1.165) is 0 Å². The number of rotatable bonds is 2. The molecule has 17 heavy (non-hydrogen) atoms. The quantitative estimate of drug-likeness (QED) is 0.723. The second kappa shape index (κ2) is 5.11. The Balaban J connectivity index is 2.09. The molecule has 1 amide bonds. The van der Waals surface area contributed by atoms with Crippen molar-refractivity contribution in [3.05, 3.63) is 24.0 Å². The number of pyridine rings is 1. The van der Waals surface area contributed by atoms with Crippen LogP contribution in [0.2, 0.25) is 0 Å². The summed E-state index contributed by atoms with van der Waals surface area (Å²) < 4.78 is 5.28. The predicted molar refractivity (Wildman–Crippen MR) is 61.4 cm³/mol. The normalized spacial score (nSPS) is 20.3. The van der Waals surface area contributed by atoms with Gasteiger partial charge >= 0.3 is 0 Å². The van der Waals surface area contributed by atoms with E-state index in [2.05, 4.69) is 4.98 Å². The molecule has 1 unspecified atom stereocenters. The van der Waals surface area contributed by atoms with Crippen LogP contribution in [0.4, 0.5) is 5.69 Å². The van der Waals surface area contributed by atoms with Crippen LogP contribution in [0.3, 0.4) is 0 Å². The first-order valence-electron chi connectivity index (χ1n) is 5.44. The maximum Gasteiger partial charge on any atom is 0.272 e. The van der Waals surface area contributed by atoms with Gasteiger partial charge in [0.15, 0.2) is 0 Å². The molecular formula is C11H15N3O3. The molecule has 0 bridgehead atoms. The van der Waals surface area contributed by atoms with Crippen LogP contribution in [0.1, 0.15) is 10.5 Å². The van der Waals surface area contributed by atoms with Crippen molar-refractivity contribution in [2.45, 2.75) is 6.10 Å². The molecule has 0 radical (unpaired) electrons. The first kappa shape index (κ1) is 11.8. The summed E-state index contributed by atoms with van der Waals surface area (Å²) in [5.74, 6) is -0.181. The van der Waals surface area contributed by atoms with Gasteiger partial charge in [-0.1, -0.05) is 0 Å². The van der Waals surface area contributed by atoms with Crippen molar-refractivity contribution in [3.63, 3.8) is 0 Å². The molecule has 6 heteroatoms. The Labute approximate surface area is 99.0 Å². The monoisotopic (exact) mass is 237 g/mol. The number of nitrogen functional groups attached to an aromatic ring is 1. The molecule has 2 heterocycles. The van der Waals surface area contributed by atoms with E-state index in [1.165, 1.54) is 6.20 Å². The number of aromatic nitrogens is 1. The van der Waals surface area contributed by atoms with Gasteiger partial charge in [-0.3, -0.25) is 9.78 Å². The van der Waals surface area contributed by atoms with E-state index < -0.39 is 0 Å². The fourth-order valence-electron chi connectivity index (χ4n) is 1.74. The molecule has 1 aromatic rings. The lowest BCUT2D eigenvalue weighted by Crippen LogP contribution is -2.47. The van der Waals surface area contributed by atoms with Gasteiger partial charge in [-0.25, -0.2) is 0 Å². The number of hydrogen-bond donors (Lipinski definition) is 2. The first-order valence-corrected chi connectivity index (χ1v) is 5.44. The van der Waals surface area contributed by atoms with Gasteiger partial charge in [0, 0.05) is 25.0 Å². The maximum atomic E-state index is 12.1. The molecule has 0 saturated carbocycles. The third-order valence-electron chi connectivity index (χ3n) is 2.63. The van der Waals surface area contributed by atoms with Gasteiger partial charge in [0.25, 0.3) is 5.91 Å². The summed E-state index contributed by atoms with van der Waals surface area (Å²) in [5.41, 5.74) is 6.44. The average molecular weight is 237 g/mol. The average Bonchev–Trinajstić information content (AvgIpc) is 2.38. The highest BCUT2D eigenvalue weighted by Crippen LogP contribution is 2.10. The van der Waals surface area contributed by atoms with Gasteiger partial charge in [0.1, 0.15) is 5.69 Å². The number of ether oxygens (including phenoxy) is 1. The summed E-state index contributed by atoms with van der Waals surface area (Å²) in [6, 6.07) is 3.18. The summed E-state index contributed by atoms with van der Waals surface area (Å²) in [4.78, 5) is 17.7. The van der Waals surface area contributed by atoms with Gasteiger partial charge < -0.3 is 20.5 Å². The zero-order chi connectivity index (χ0) is 12.3. The zero-order valence-electron chi connectivity index (χ0n) is 9.37. The summed E-state index contributed by atoms with van der Waals surface area (Å²) in [7, 11) is 0. The van der Waals surface area contributed by atoms with E-state index in [4.69, 9.17) is 15.6 Å². The molecule has 1 atom stereocenters. The van der Waals surface area contributed by atoms with Crippen LogP contribution in [-0.4, -0.2) is 53.3 Å². The second-order valence-corrected chi connectivity index (χ2v) is 3.90. The zero-order valence-corrected chi connectivity index (χ0v) is 9.37. The van der Waals surface area contributed by atoms with Gasteiger partial charge in [-0.2, -0.15) is 0 Å². The fraction of sp³-hybridized carbons (Fsp3) is 0.455. The second-order valence-electron chi connectivity index (χ2n) is 3.90. The molecule has 0 aromatic carbocycles. The smallest absolute Gasteiger partial charge is 0.272 e. The Morgan fingerprint density at radius 1 is 1.71 bits per heavy atom. The molecule has 92 valence electrons. The SMILES string of the molecule is Nc1ccnc(C(=O)N2CCOC(CO)C2)c1. The molecular weight excluding hydrogens is 222 g/mol. The van der Waals surface area contributed by atoms with Crippen molar-refractivity contribution in [1.29, 1.82) is 0 Å². The Morgan fingerprint density at radius 3 is 3.24 bits per heavy atom. The van der Waals surface area contributed by atoms with Crippen LogP contribution in [0, 0.1) is 0 Å². The van der Waals surface area contributed by atoms with Gasteiger partial charge in [-0.15, -0.1) is 0 Å². The van der Waals surface area contributed by atoms with Crippen molar-refractivity contribution in [2.75, 3.05) is 32.0 Å². The standard InChI is InChI=1S/C11H15N3O3/c12-8-1-2-13-10(5-8)11(16)14-3-4-17-9(6-14)7-15/h1-2,5,9,15H,3-4,6-7H2,(H2,12,13). The van der Waals surface area contributed by atoms with Crippen LogP contribution < -0.4 is 5.73 Å². The van der Waals surface area contributed by atoms with E-state index in [1.54, 1.807) is 17.0 Å². The molecule has 2 rings (SSSR count). The Kier molecular flexibility index (Phi) is 3.55. The molecule has 6 nitrogen and oxygen atoms in total. The Hall–Kier alpha value is -1.66. The van der Waals surface area contributed by atoms with Gasteiger partial charge in [-0.05, 0) is 12.1 Å². The van der Waals surface area contributed by atoms with E-state index in [9.17, 15) is 4.79 Å². The van der Waals surface area contributed by atoms with E-state index in [1.807, 2.05) is 0 Å². The van der Waals surface area contributed by atoms with Crippen molar-refractivity contribution >= 4 is 11.6 Å². The van der Waals surface area contributed by atoms with E-state index in [-0.39, 0.29) is 18.6 Å². The van der Waals surface area contributed by atoms with Crippen LogP contribution in [0.25, 0.3) is 0 Å². The van der Waals surface area contributed by atoms with Crippen molar-refractivity contribution in [3.8, 4) is 0 Å². The highest BCUT2D eigenvalue weighted by atomic mass is 16.5. The van der Waals surface area contributed by atoms with Crippen molar-refractivity contribution < 1.29 is 14.6 Å². The number of morpholine rings is 1. The Bertz CT molecular complexity index is 411. The summed E-state index contributed by atoms with van der Waals surface area (Å²) >= 11 is 0. The fourth-order valence-corrected chi connectivity index (χ4v) is 1.74. The Morgan fingerprint density at radius 2 is 2.53 bits per heavy atom. The molecule has 1 saturated heterocycles. The maximum absolute atomic E-state index is 12.1. The van der Waals surface area contributed by atoms with Crippen molar-refractivity contribution in [2.24, 2.45) is 0 Å². The molecule has 1 aliphatic rings. The van der Waals surface area contributed by atoms with Gasteiger partial charge in [0.2, 0.25) is 0 Å². The third-order valence-corrected chi connectivity index (χ3v) is 2.63. The molecule has 1 fully saturated rings. The summed E-state index contributed by atoms with van der Waals surface area (Å²) in [6.45, 7) is 1.23. The van der Waals surface area contributed by atoms with Crippen LogP contribution in [0.15, 0.2) is 18.3 Å².